The molecule has 0 bridgehead atoms. The van der Waals surface area contributed by atoms with Gasteiger partial charge in [-0.05, 0) is 54.8 Å². The van der Waals surface area contributed by atoms with Crippen molar-refractivity contribution in [2.24, 2.45) is 0 Å². The lowest BCUT2D eigenvalue weighted by molar-refractivity contribution is -0.139. The second kappa shape index (κ2) is 8.23. The lowest BCUT2D eigenvalue weighted by Crippen LogP contribution is -2.14. The second-order valence-electron chi connectivity index (χ2n) is 6.94. The predicted molar refractivity (Wildman–Crippen MR) is 111 cm³/mol. The van der Waals surface area contributed by atoms with Gasteiger partial charge in [0.1, 0.15) is 0 Å². The number of nitrogens with zero attached hydrogens (tertiary/aromatic N) is 1. The van der Waals surface area contributed by atoms with Gasteiger partial charge in [0.25, 0.3) is 0 Å². The van der Waals surface area contributed by atoms with Gasteiger partial charge in [-0.1, -0.05) is 30.3 Å². The molecule has 6 nitrogen and oxygen atoms in total. The van der Waals surface area contributed by atoms with Crippen molar-refractivity contribution < 1.29 is 23.4 Å². The number of carboxylic acid groups (broad SMARTS) is 1. The molecule has 0 fully saturated rings. The van der Waals surface area contributed by atoms with Crippen molar-refractivity contribution in [3.63, 3.8) is 0 Å². The highest BCUT2D eigenvalue weighted by atomic mass is 32.2. The van der Waals surface area contributed by atoms with E-state index in [-0.39, 0.29) is 17.9 Å². The van der Waals surface area contributed by atoms with Crippen molar-refractivity contribution in [3.8, 4) is 16.9 Å². The molecule has 3 rings (SSSR count). The van der Waals surface area contributed by atoms with Gasteiger partial charge in [-0.2, -0.15) is 0 Å². The first-order valence-corrected chi connectivity index (χ1v) is 11.0. The van der Waals surface area contributed by atoms with Crippen LogP contribution in [0.2, 0.25) is 0 Å². The van der Waals surface area contributed by atoms with E-state index in [1.807, 2.05) is 47.9 Å². The summed E-state index contributed by atoms with van der Waals surface area (Å²) in [5.41, 5.74) is 3.78. The number of para-hydroxylation sites is 1. The summed E-state index contributed by atoms with van der Waals surface area (Å²) in [6.45, 7) is 1.62. The average Bonchev–Trinajstić information content (AvgIpc) is 3.03. The van der Waals surface area contributed by atoms with E-state index in [0.29, 0.717) is 5.56 Å². The number of aliphatic carboxylic acids is 1. The molecule has 0 aliphatic heterocycles. The van der Waals surface area contributed by atoms with Gasteiger partial charge in [0.2, 0.25) is 0 Å². The smallest absolute Gasteiger partial charge is 0.311 e. The zero-order chi connectivity index (χ0) is 21.2. The normalized spacial score (nSPS) is 12.7. The fraction of sp³-hybridized carbons (Fsp3) is 0.227. The maximum Gasteiger partial charge on any atom is 0.311 e. The second-order valence-corrected chi connectivity index (χ2v) is 8.96. The van der Waals surface area contributed by atoms with Gasteiger partial charge in [-0.3, -0.25) is 4.79 Å². The number of rotatable bonds is 7. The summed E-state index contributed by atoms with van der Waals surface area (Å²) in [6.07, 6.45) is 1.27. The molecule has 0 saturated carbocycles. The van der Waals surface area contributed by atoms with Gasteiger partial charge in [-0.25, -0.2) is 8.42 Å². The molecule has 2 aromatic carbocycles. The number of sulfone groups is 1. The van der Waals surface area contributed by atoms with Crippen molar-refractivity contribution in [1.82, 2.24) is 4.57 Å². The zero-order valence-corrected chi connectivity index (χ0v) is 17.1. The minimum Gasteiger partial charge on any atom is -0.481 e. The Labute approximate surface area is 170 Å². The Bertz CT molecular complexity index is 1120. The molecule has 7 heteroatoms. The molecule has 1 atom stereocenters. The fourth-order valence-electron chi connectivity index (χ4n) is 3.52. The van der Waals surface area contributed by atoms with Crippen LogP contribution < -0.4 is 0 Å². The Kier molecular flexibility index (Phi) is 5.91. The van der Waals surface area contributed by atoms with E-state index in [2.05, 4.69) is 0 Å². The van der Waals surface area contributed by atoms with Crippen molar-refractivity contribution in [2.75, 3.05) is 12.9 Å². The van der Waals surface area contributed by atoms with Gasteiger partial charge in [0, 0.05) is 24.2 Å². The van der Waals surface area contributed by atoms with Crippen LogP contribution >= 0.6 is 0 Å². The van der Waals surface area contributed by atoms with Crippen LogP contribution in [0.5, 0.6) is 0 Å². The molecule has 0 amide bonds. The third-order valence-corrected chi connectivity index (χ3v) is 6.10. The molecule has 152 valence electrons. The van der Waals surface area contributed by atoms with E-state index in [1.54, 1.807) is 24.3 Å². The first-order chi connectivity index (χ1) is 13.7. The minimum absolute atomic E-state index is 0.113. The van der Waals surface area contributed by atoms with E-state index in [0.717, 1.165) is 28.9 Å². The van der Waals surface area contributed by atoms with Crippen LogP contribution in [0, 0.1) is 6.92 Å². The summed E-state index contributed by atoms with van der Waals surface area (Å²) in [4.78, 5) is 12.0. The summed E-state index contributed by atoms with van der Waals surface area (Å²) in [7, 11) is -3.31. The summed E-state index contributed by atoms with van der Waals surface area (Å²) in [5, 5.41) is 19.0. The molecule has 0 aliphatic rings. The van der Waals surface area contributed by atoms with Gasteiger partial charge in [-0.15, -0.1) is 0 Å². The largest absolute Gasteiger partial charge is 0.481 e. The van der Waals surface area contributed by atoms with Crippen molar-refractivity contribution in [1.29, 1.82) is 0 Å². The molecule has 1 unspecified atom stereocenters. The number of aromatic nitrogens is 1. The van der Waals surface area contributed by atoms with Crippen molar-refractivity contribution in [3.05, 3.63) is 71.9 Å². The monoisotopic (exact) mass is 413 g/mol. The summed E-state index contributed by atoms with van der Waals surface area (Å²) < 4.78 is 25.5. The molecule has 0 spiro atoms. The van der Waals surface area contributed by atoms with Crippen LogP contribution in [0.1, 0.15) is 23.6 Å². The molecule has 1 heterocycles. The molecule has 1 aromatic heterocycles. The van der Waals surface area contributed by atoms with E-state index in [4.69, 9.17) is 0 Å². The first-order valence-electron chi connectivity index (χ1n) is 9.16. The number of carbonyl (C=O) groups is 1. The van der Waals surface area contributed by atoms with Gasteiger partial charge in [0.15, 0.2) is 9.84 Å². The molecule has 2 N–H and O–H groups in total. The maximum atomic E-state index is 11.8. The minimum atomic E-state index is -3.31. The molecule has 29 heavy (non-hydrogen) atoms. The topological polar surface area (TPSA) is 96.6 Å². The van der Waals surface area contributed by atoms with Gasteiger partial charge in [0.05, 0.1) is 16.5 Å². The Morgan fingerprint density at radius 2 is 1.69 bits per heavy atom. The maximum absolute atomic E-state index is 11.8. The quantitative estimate of drug-likeness (QED) is 0.619. The van der Waals surface area contributed by atoms with Gasteiger partial charge >= 0.3 is 5.97 Å². The highest BCUT2D eigenvalue weighted by Gasteiger charge is 2.26. The third kappa shape index (κ3) is 4.26. The van der Waals surface area contributed by atoms with E-state index >= 15 is 0 Å². The molecule has 0 saturated heterocycles. The van der Waals surface area contributed by atoms with Crippen LogP contribution in [-0.2, 0) is 14.6 Å². The summed E-state index contributed by atoms with van der Waals surface area (Å²) in [5.74, 6) is -1.83. The first kappa shape index (κ1) is 20.8. The number of aliphatic hydroxyl groups excluding tert-OH is 1. The fourth-order valence-corrected chi connectivity index (χ4v) is 4.15. The Morgan fingerprint density at radius 3 is 2.21 bits per heavy atom. The molecule has 0 radical (unpaired) electrons. The van der Waals surface area contributed by atoms with Crippen molar-refractivity contribution >= 4 is 15.8 Å². The number of carboxylic acids is 1. The summed E-state index contributed by atoms with van der Waals surface area (Å²) in [6, 6.07) is 17.9. The van der Waals surface area contributed by atoms with E-state index in [1.165, 1.54) is 0 Å². The summed E-state index contributed by atoms with van der Waals surface area (Å²) >= 11 is 0. The third-order valence-electron chi connectivity index (χ3n) is 4.97. The van der Waals surface area contributed by atoms with Crippen LogP contribution in [-0.4, -0.2) is 42.0 Å². The molecule has 3 aromatic rings. The average molecular weight is 413 g/mol. The van der Waals surface area contributed by atoms with Crippen LogP contribution in [0.25, 0.3) is 16.9 Å². The standard InChI is InChI=1S/C22H23NO5S/c1-15-20(19(12-13-24)22(25)26)14-21(23(15)17-6-4-3-5-7-17)16-8-10-18(11-9-16)29(2,27)28/h3-11,14,19,24H,12-13H2,1-2H3,(H,25,26). The van der Waals surface area contributed by atoms with E-state index < -0.39 is 21.7 Å². The highest BCUT2D eigenvalue weighted by molar-refractivity contribution is 7.90. The Hall–Kier alpha value is -2.90. The number of aliphatic hydroxyl groups is 1. The van der Waals surface area contributed by atoms with Crippen molar-refractivity contribution in [2.45, 2.75) is 24.2 Å². The number of benzene rings is 2. The molecular formula is C22H23NO5S. The number of hydrogen-bond acceptors (Lipinski definition) is 4. The van der Waals surface area contributed by atoms with Crippen LogP contribution in [0.15, 0.2) is 65.6 Å². The van der Waals surface area contributed by atoms with E-state index in [9.17, 15) is 23.4 Å². The lowest BCUT2D eigenvalue weighted by atomic mass is 9.96. The number of hydrogen-bond donors (Lipinski definition) is 2. The van der Waals surface area contributed by atoms with Gasteiger partial charge < -0.3 is 14.8 Å². The lowest BCUT2D eigenvalue weighted by Gasteiger charge is -2.14. The molecule has 0 aliphatic carbocycles. The Balaban J connectivity index is 2.22. The van der Waals surface area contributed by atoms with Crippen LogP contribution in [0.3, 0.4) is 0 Å². The molecular weight excluding hydrogens is 390 g/mol. The SMILES string of the molecule is Cc1c(C(CCO)C(=O)O)cc(-c2ccc(S(C)(=O)=O)cc2)n1-c1ccccc1. The zero-order valence-electron chi connectivity index (χ0n) is 16.2. The highest BCUT2D eigenvalue weighted by Crippen LogP contribution is 2.34. The van der Waals surface area contributed by atoms with Crippen LogP contribution in [0.4, 0.5) is 0 Å². The predicted octanol–water partition coefficient (Wildman–Crippen LogP) is 3.41. The Morgan fingerprint density at radius 1 is 1.07 bits per heavy atom.